The number of halogens is 3. The van der Waals surface area contributed by atoms with E-state index in [1.54, 1.807) is 23.0 Å². The Kier molecular flexibility index (Phi) is 6.80. The molecule has 0 bridgehead atoms. The number of carbonyl (C=O) groups excluding carboxylic acids is 1. The topological polar surface area (TPSA) is 69.3 Å². The van der Waals surface area contributed by atoms with Crippen LogP contribution in [-0.2, 0) is 13.2 Å². The van der Waals surface area contributed by atoms with Crippen LogP contribution < -0.4 is 10.1 Å². The summed E-state index contributed by atoms with van der Waals surface area (Å²) in [4.78, 5) is 12.6. The van der Waals surface area contributed by atoms with Crippen molar-refractivity contribution in [1.82, 2.24) is 9.78 Å². The van der Waals surface area contributed by atoms with E-state index in [2.05, 4.69) is 42.3 Å². The van der Waals surface area contributed by atoms with E-state index in [0.29, 0.717) is 33.4 Å². The van der Waals surface area contributed by atoms with Gasteiger partial charge in [-0.2, -0.15) is 5.10 Å². The molecule has 2 aromatic carbocycles. The van der Waals surface area contributed by atoms with E-state index in [1.165, 1.54) is 0 Å². The fourth-order valence-electron chi connectivity index (χ4n) is 2.80. The first-order valence-corrected chi connectivity index (χ1v) is 11.2. The van der Waals surface area contributed by atoms with E-state index in [1.807, 2.05) is 48.5 Å². The standard InChI is InChI=1S/C22H16Br2ClN3O3/c23-15-5-7-16(8-6-15)30-13-17-9-10-20(31-17)22(29)26-21-18(24)12-28(27-21)11-14-3-1-2-4-19(14)25/h1-10,12H,11,13H2,(H,26,27,29). The Labute approximate surface area is 200 Å². The van der Waals surface area contributed by atoms with Gasteiger partial charge in [-0.05, 0) is 64.0 Å². The third kappa shape index (κ3) is 5.58. The number of aromatic nitrogens is 2. The van der Waals surface area contributed by atoms with Crippen LogP contribution in [-0.4, -0.2) is 15.7 Å². The molecule has 4 rings (SSSR count). The van der Waals surface area contributed by atoms with E-state index in [-0.39, 0.29) is 12.4 Å². The molecule has 0 saturated carbocycles. The average Bonchev–Trinajstić information content (AvgIpc) is 3.36. The molecule has 158 valence electrons. The fourth-order valence-corrected chi connectivity index (χ4v) is 3.67. The molecular weight excluding hydrogens is 550 g/mol. The summed E-state index contributed by atoms with van der Waals surface area (Å²) in [7, 11) is 0. The molecule has 0 unspecified atom stereocenters. The van der Waals surface area contributed by atoms with Crippen LogP contribution in [0.3, 0.4) is 0 Å². The molecule has 1 amide bonds. The summed E-state index contributed by atoms with van der Waals surface area (Å²) >= 11 is 13.0. The second-order valence-electron chi connectivity index (χ2n) is 6.58. The van der Waals surface area contributed by atoms with E-state index < -0.39 is 5.91 Å². The molecular formula is C22H16Br2ClN3O3. The number of furan rings is 1. The van der Waals surface area contributed by atoms with Gasteiger partial charge < -0.3 is 14.5 Å². The van der Waals surface area contributed by atoms with Gasteiger partial charge in [-0.25, -0.2) is 0 Å². The summed E-state index contributed by atoms with van der Waals surface area (Å²) in [6.07, 6.45) is 1.78. The Morgan fingerprint density at radius 3 is 2.65 bits per heavy atom. The lowest BCUT2D eigenvalue weighted by molar-refractivity contribution is 0.0992. The summed E-state index contributed by atoms with van der Waals surface area (Å²) in [5.74, 6) is 1.40. The maximum absolute atomic E-state index is 12.6. The van der Waals surface area contributed by atoms with Crippen molar-refractivity contribution in [1.29, 1.82) is 0 Å². The highest BCUT2D eigenvalue weighted by Gasteiger charge is 2.16. The number of benzene rings is 2. The maximum atomic E-state index is 12.6. The van der Waals surface area contributed by atoms with Gasteiger partial charge in [-0.3, -0.25) is 9.48 Å². The van der Waals surface area contributed by atoms with Crippen LogP contribution in [0.1, 0.15) is 21.9 Å². The molecule has 9 heteroatoms. The van der Waals surface area contributed by atoms with E-state index in [4.69, 9.17) is 20.8 Å². The second-order valence-corrected chi connectivity index (χ2v) is 8.75. The van der Waals surface area contributed by atoms with Gasteiger partial charge in [0.2, 0.25) is 0 Å². The van der Waals surface area contributed by atoms with Crippen molar-refractivity contribution in [2.75, 3.05) is 5.32 Å². The molecule has 0 atom stereocenters. The van der Waals surface area contributed by atoms with Gasteiger partial charge in [0, 0.05) is 15.7 Å². The minimum atomic E-state index is -0.404. The SMILES string of the molecule is O=C(Nc1nn(Cc2ccccc2Cl)cc1Br)c1ccc(COc2ccc(Br)cc2)o1. The first kappa shape index (κ1) is 21.7. The summed E-state index contributed by atoms with van der Waals surface area (Å²) in [6, 6.07) is 18.3. The van der Waals surface area contributed by atoms with Crippen LogP contribution in [0.4, 0.5) is 5.82 Å². The quantitative estimate of drug-likeness (QED) is 0.277. The van der Waals surface area contributed by atoms with Crippen molar-refractivity contribution in [3.8, 4) is 5.75 Å². The number of hydrogen-bond acceptors (Lipinski definition) is 4. The molecule has 0 spiro atoms. The van der Waals surface area contributed by atoms with Gasteiger partial charge >= 0.3 is 0 Å². The highest BCUT2D eigenvalue weighted by Crippen LogP contribution is 2.24. The average molecular weight is 566 g/mol. The molecule has 0 radical (unpaired) electrons. The number of nitrogens with zero attached hydrogens (tertiary/aromatic N) is 2. The summed E-state index contributed by atoms with van der Waals surface area (Å²) < 4.78 is 14.6. The largest absolute Gasteiger partial charge is 0.486 e. The number of amides is 1. The Balaban J connectivity index is 1.38. The highest BCUT2D eigenvalue weighted by atomic mass is 79.9. The summed E-state index contributed by atoms with van der Waals surface area (Å²) in [6.45, 7) is 0.692. The molecule has 0 aliphatic heterocycles. The zero-order valence-corrected chi connectivity index (χ0v) is 19.9. The fraction of sp³-hybridized carbons (Fsp3) is 0.0909. The first-order valence-electron chi connectivity index (χ1n) is 9.23. The van der Waals surface area contributed by atoms with E-state index >= 15 is 0 Å². The minimum Gasteiger partial charge on any atom is -0.486 e. The lowest BCUT2D eigenvalue weighted by Gasteiger charge is -2.04. The van der Waals surface area contributed by atoms with E-state index in [0.717, 1.165) is 10.0 Å². The number of carbonyl (C=O) groups is 1. The molecule has 2 heterocycles. The highest BCUT2D eigenvalue weighted by molar-refractivity contribution is 9.10. The molecule has 31 heavy (non-hydrogen) atoms. The maximum Gasteiger partial charge on any atom is 0.292 e. The van der Waals surface area contributed by atoms with Crippen molar-refractivity contribution >= 4 is 55.2 Å². The number of ether oxygens (including phenoxy) is 1. The second kappa shape index (κ2) is 9.72. The lowest BCUT2D eigenvalue weighted by Crippen LogP contribution is -2.12. The van der Waals surface area contributed by atoms with Crippen LogP contribution in [0.25, 0.3) is 0 Å². The van der Waals surface area contributed by atoms with Crippen molar-refractivity contribution in [2.24, 2.45) is 0 Å². The first-order chi connectivity index (χ1) is 15.0. The number of nitrogens with one attached hydrogen (secondary N) is 1. The lowest BCUT2D eigenvalue weighted by atomic mass is 10.2. The molecule has 0 saturated heterocycles. The Bertz CT molecular complexity index is 1200. The molecule has 6 nitrogen and oxygen atoms in total. The zero-order valence-electron chi connectivity index (χ0n) is 16.0. The minimum absolute atomic E-state index is 0.168. The van der Waals surface area contributed by atoms with Crippen molar-refractivity contribution in [2.45, 2.75) is 13.2 Å². The van der Waals surface area contributed by atoms with Crippen LogP contribution >= 0.6 is 43.5 Å². The third-order valence-electron chi connectivity index (χ3n) is 4.32. The van der Waals surface area contributed by atoms with Crippen molar-refractivity contribution in [3.63, 3.8) is 0 Å². The van der Waals surface area contributed by atoms with Crippen LogP contribution in [0, 0.1) is 0 Å². The monoisotopic (exact) mass is 563 g/mol. The molecule has 0 aliphatic rings. The molecule has 0 fully saturated rings. The predicted octanol–water partition coefficient (Wildman–Crippen LogP) is 6.53. The number of hydrogen-bond donors (Lipinski definition) is 1. The van der Waals surface area contributed by atoms with Crippen LogP contribution in [0.15, 0.2) is 80.2 Å². The zero-order chi connectivity index (χ0) is 21.8. The smallest absolute Gasteiger partial charge is 0.292 e. The normalized spacial score (nSPS) is 10.8. The Morgan fingerprint density at radius 1 is 1.10 bits per heavy atom. The van der Waals surface area contributed by atoms with Crippen molar-refractivity contribution < 1.29 is 13.9 Å². The van der Waals surface area contributed by atoms with Crippen LogP contribution in [0.5, 0.6) is 5.75 Å². The van der Waals surface area contributed by atoms with Gasteiger partial charge in [0.15, 0.2) is 11.6 Å². The molecule has 0 aliphatic carbocycles. The predicted molar refractivity (Wildman–Crippen MR) is 126 cm³/mol. The summed E-state index contributed by atoms with van der Waals surface area (Å²) in [5.41, 5.74) is 0.929. The summed E-state index contributed by atoms with van der Waals surface area (Å²) in [5, 5.41) is 7.82. The Hall–Kier alpha value is -2.55. The van der Waals surface area contributed by atoms with E-state index in [9.17, 15) is 4.79 Å². The number of rotatable bonds is 7. The van der Waals surface area contributed by atoms with Crippen molar-refractivity contribution in [3.05, 3.63) is 97.9 Å². The van der Waals surface area contributed by atoms with Gasteiger partial charge in [0.05, 0.1) is 11.0 Å². The van der Waals surface area contributed by atoms with Gasteiger partial charge in [-0.15, -0.1) is 0 Å². The third-order valence-corrected chi connectivity index (χ3v) is 5.80. The van der Waals surface area contributed by atoms with Gasteiger partial charge in [0.25, 0.3) is 5.91 Å². The van der Waals surface area contributed by atoms with Gasteiger partial charge in [0.1, 0.15) is 18.1 Å². The molecule has 2 aromatic heterocycles. The molecule has 4 aromatic rings. The Morgan fingerprint density at radius 2 is 1.87 bits per heavy atom. The van der Waals surface area contributed by atoms with Crippen LogP contribution in [0.2, 0.25) is 5.02 Å². The van der Waals surface area contributed by atoms with Gasteiger partial charge in [-0.1, -0.05) is 45.7 Å². The number of anilines is 1. The molecule has 1 N–H and O–H groups in total.